The van der Waals surface area contributed by atoms with E-state index in [9.17, 15) is 9.59 Å². The summed E-state index contributed by atoms with van der Waals surface area (Å²) in [5.74, 6) is -1.27. The second kappa shape index (κ2) is 5.35. The van der Waals surface area contributed by atoms with Gasteiger partial charge in [0.2, 0.25) is 5.78 Å². The van der Waals surface area contributed by atoms with Crippen LogP contribution in [0, 0.1) is 0 Å². The monoisotopic (exact) mass is 255 g/mol. The second-order valence-electron chi connectivity index (χ2n) is 4.08. The van der Waals surface area contributed by atoms with E-state index in [-0.39, 0.29) is 11.5 Å². The minimum absolute atomic E-state index is 0.0939. The smallest absolute Gasteiger partial charge is 0.352 e. The van der Waals surface area contributed by atoms with E-state index >= 15 is 0 Å². The normalized spacial score (nSPS) is 10.8. The minimum Gasteiger partial charge on any atom is -0.477 e. The van der Waals surface area contributed by atoms with Gasteiger partial charge in [0.15, 0.2) is 0 Å². The van der Waals surface area contributed by atoms with Crippen molar-refractivity contribution in [2.45, 2.75) is 0 Å². The lowest BCUT2D eigenvalue weighted by atomic mass is 10.2. The Morgan fingerprint density at radius 1 is 1.05 bits per heavy atom. The minimum atomic E-state index is -1.05. The molecule has 0 spiro atoms. The number of hydrogen-bond donors (Lipinski definition) is 1. The molecule has 0 bridgehead atoms. The maximum atomic E-state index is 12.0. The molecule has 0 aliphatic carbocycles. The maximum absolute atomic E-state index is 12.0. The Balaban J connectivity index is 2.21. The molecule has 0 aliphatic heterocycles. The van der Waals surface area contributed by atoms with Gasteiger partial charge in [0.25, 0.3) is 0 Å². The topological polar surface area (TPSA) is 59.3 Å². The van der Waals surface area contributed by atoms with Crippen molar-refractivity contribution in [3.05, 3.63) is 65.5 Å². The first kappa shape index (κ1) is 12.8. The van der Waals surface area contributed by atoms with Crippen molar-refractivity contribution in [2.75, 3.05) is 0 Å². The Labute approximate surface area is 110 Å². The molecule has 4 heteroatoms. The number of carbonyl (C=O) groups is 2. The van der Waals surface area contributed by atoms with Crippen molar-refractivity contribution >= 4 is 17.8 Å². The highest BCUT2D eigenvalue weighted by Crippen LogP contribution is 2.10. The number of hydrogen-bond acceptors (Lipinski definition) is 2. The molecule has 2 rings (SSSR count). The summed E-state index contributed by atoms with van der Waals surface area (Å²) in [6, 6.07) is 12.4. The van der Waals surface area contributed by atoms with Gasteiger partial charge in [-0.25, -0.2) is 4.79 Å². The molecule has 1 heterocycles. The van der Waals surface area contributed by atoms with E-state index in [1.54, 1.807) is 13.1 Å². The van der Waals surface area contributed by atoms with Crippen LogP contribution >= 0.6 is 0 Å². The number of carboxylic acid groups (broad SMARTS) is 1. The van der Waals surface area contributed by atoms with Crippen LogP contribution in [0.3, 0.4) is 0 Å². The Bertz CT molecular complexity index is 639. The molecule has 0 amide bonds. The summed E-state index contributed by atoms with van der Waals surface area (Å²) >= 11 is 0. The molecule has 96 valence electrons. The molecule has 2 aromatic rings. The average Bonchev–Trinajstić information content (AvgIpc) is 2.79. The first-order valence-corrected chi connectivity index (χ1v) is 5.76. The number of aromatic nitrogens is 1. The van der Waals surface area contributed by atoms with E-state index in [0.717, 1.165) is 5.56 Å². The molecule has 1 N–H and O–H groups in total. The first-order chi connectivity index (χ1) is 9.09. The largest absolute Gasteiger partial charge is 0.477 e. The lowest BCUT2D eigenvalue weighted by Gasteiger charge is -2.01. The zero-order chi connectivity index (χ0) is 13.8. The third kappa shape index (κ3) is 2.80. The quantitative estimate of drug-likeness (QED) is 0.674. The number of aromatic carboxylic acids is 1. The fourth-order valence-electron chi connectivity index (χ4n) is 1.79. The summed E-state index contributed by atoms with van der Waals surface area (Å²) in [6.45, 7) is 0. The molecule has 0 unspecified atom stereocenters. The maximum Gasteiger partial charge on any atom is 0.352 e. The zero-order valence-corrected chi connectivity index (χ0v) is 10.4. The van der Waals surface area contributed by atoms with Crippen LogP contribution in [0.4, 0.5) is 0 Å². The van der Waals surface area contributed by atoms with Crippen molar-refractivity contribution < 1.29 is 14.7 Å². The molecule has 0 atom stereocenters. The molecule has 1 aromatic heterocycles. The lowest BCUT2D eigenvalue weighted by molar-refractivity contribution is 0.0686. The molecule has 4 nitrogen and oxygen atoms in total. The number of carboxylic acids is 1. The van der Waals surface area contributed by atoms with Crippen LogP contribution < -0.4 is 0 Å². The van der Waals surface area contributed by atoms with Crippen molar-refractivity contribution in [1.29, 1.82) is 0 Å². The lowest BCUT2D eigenvalue weighted by Crippen LogP contribution is -2.09. The fraction of sp³-hybridized carbons (Fsp3) is 0.0667. The summed E-state index contributed by atoms with van der Waals surface area (Å²) in [5, 5.41) is 8.92. The third-order valence-electron chi connectivity index (χ3n) is 2.82. The van der Waals surface area contributed by atoms with Crippen LogP contribution in [0.1, 0.15) is 26.5 Å². The SMILES string of the molecule is Cn1c(C(=O)O)ccc1C(=O)C=Cc1ccccc1. The zero-order valence-electron chi connectivity index (χ0n) is 10.4. The third-order valence-corrected chi connectivity index (χ3v) is 2.82. The highest BCUT2D eigenvalue weighted by molar-refractivity contribution is 6.06. The van der Waals surface area contributed by atoms with Crippen LogP contribution in [0.25, 0.3) is 6.08 Å². The molecule has 0 fully saturated rings. The van der Waals surface area contributed by atoms with Gasteiger partial charge in [0.05, 0.1) is 5.69 Å². The molecule has 0 saturated heterocycles. The summed E-state index contributed by atoms with van der Waals surface area (Å²) in [5.41, 5.74) is 1.37. The van der Waals surface area contributed by atoms with E-state index in [2.05, 4.69) is 0 Å². The number of rotatable bonds is 4. The Kier molecular flexibility index (Phi) is 3.61. The van der Waals surface area contributed by atoms with Gasteiger partial charge in [-0.3, -0.25) is 4.79 Å². The van der Waals surface area contributed by atoms with Gasteiger partial charge >= 0.3 is 5.97 Å². The number of benzene rings is 1. The predicted molar refractivity (Wildman–Crippen MR) is 72.2 cm³/mol. The number of nitrogens with zero attached hydrogens (tertiary/aromatic N) is 1. The molecular weight excluding hydrogens is 242 g/mol. The summed E-state index contributed by atoms with van der Waals surface area (Å²) in [7, 11) is 1.56. The van der Waals surface area contributed by atoms with Gasteiger partial charge in [-0.1, -0.05) is 36.4 Å². The molecule has 0 radical (unpaired) electrons. The molecule has 1 aromatic carbocycles. The number of allylic oxidation sites excluding steroid dienone is 1. The molecule has 19 heavy (non-hydrogen) atoms. The Hall–Kier alpha value is -2.62. The highest BCUT2D eigenvalue weighted by Gasteiger charge is 2.14. The van der Waals surface area contributed by atoms with Crippen molar-refractivity contribution in [1.82, 2.24) is 4.57 Å². The second-order valence-corrected chi connectivity index (χ2v) is 4.08. The molecule has 0 aliphatic rings. The standard InChI is InChI=1S/C15H13NO3/c1-16-12(8-9-13(16)15(18)19)14(17)10-7-11-5-3-2-4-6-11/h2-10H,1H3,(H,18,19). The first-order valence-electron chi connectivity index (χ1n) is 5.76. The fourth-order valence-corrected chi connectivity index (χ4v) is 1.79. The summed E-state index contributed by atoms with van der Waals surface area (Å²) in [4.78, 5) is 22.9. The van der Waals surface area contributed by atoms with Gasteiger partial charge < -0.3 is 9.67 Å². The van der Waals surface area contributed by atoms with Crippen LogP contribution in [-0.2, 0) is 7.05 Å². The van der Waals surface area contributed by atoms with Crippen molar-refractivity contribution in [2.24, 2.45) is 7.05 Å². The van der Waals surface area contributed by atoms with Crippen LogP contribution in [0.5, 0.6) is 0 Å². The molecule has 0 saturated carbocycles. The van der Waals surface area contributed by atoms with Gasteiger partial charge in [0.1, 0.15) is 5.69 Å². The highest BCUT2D eigenvalue weighted by atomic mass is 16.4. The van der Waals surface area contributed by atoms with E-state index in [4.69, 9.17) is 5.11 Å². The Morgan fingerprint density at radius 3 is 2.26 bits per heavy atom. The van der Waals surface area contributed by atoms with Crippen LogP contribution in [-0.4, -0.2) is 21.4 Å². The van der Waals surface area contributed by atoms with Crippen LogP contribution in [0.2, 0.25) is 0 Å². The number of carbonyl (C=O) groups excluding carboxylic acids is 1. The van der Waals surface area contributed by atoms with Gasteiger partial charge in [-0.2, -0.15) is 0 Å². The van der Waals surface area contributed by atoms with Crippen molar-refractivity contribution in [3.8, 4) is 0 Å². The van der Waals surface area contributed by atoms with E-state index in [1.165, 1.54) is 22.8 Å². The van der Waals surface area contributed by atoms with Crippen LogP contribution in [0.15, 0.2) is 48.5 Å². The summed E-state index contributed by atoms with van der Waals surface area (Å²) in [6.07, 6.45) is 3.14. The van der Waals surface area contributed by atoms with E-state index < -0.39 is 5.97 Å². The molecular formula is C15H13NO3. The van der Waals surface area contributed by atoms with E-state index in [1.807, 2.05) is 30.3 Å². The van der Waals surface area contributed by atoms with Gasteiger partial charge in [0, 0.05) is 7.05 Å². The van der Waals surface area contributed by atoms with Crippen molar-refractivity contribution in [3.63, 3.8) is 0 Å². The number of ketones is 1. The predicted octanol–water partition coefficient (Wildman–Crippen LogP) is 2.62. The van der Waals surface area contributed by atoms with Gasteiger partial charge in [-0.05, 0) is 23.8 Å². The summed E-state index contributed by atoms with van der Waals surface area (Å²) < 4.78 is 1.38. The Morgan fingerprint density at radius 2 is 1.68 bits per heavy atom. The van der Waals surface area contributed by atoms with E-state index in [0.29, 0.717) is 5.69 Å². The van der Waals surface area contributed by atoms with Gasteiger partial charge in [-0.15, -0.1) is 0 Å². The average molecular weight is 255 g/mol.